The zero-order valence-corrected chi connectivity index (χ0v) is 25.9. The minimum Gasteiger partial charge on any atom is -0.451 e. The van der Waals surface area contributed by atoms with Crippen LogP contribution in [0.1, 0.15) is 40.2 Å². The Hall–Kier alpha value is -4.73. The summed E-state index contributed by atoms with van der Waals surface area (Å²) >= 11 is 0. The third-order valence-corrected chi connectivity index (χ3v) is 7.87. The van der Waals surface area contributed by atoms with Gasteiger partial charge in [-0.2, -0.15) is 0 Å². The van der Waals surface area contributed by atoms with Crippen molar-refractivity contribution < 1.29 is 18.8 Å². The average Bonchev–Trinajstić information content (AvgIpc) is 3.58. The second-order valence-electron chi connectivity index (χ2n) is 11.5. The molecule has 9 nitrogen and oxygen atoms in total. The molecule has 0 aliphatic carbocycles. The van der Waals surface area contributed by atoms with Crippen LogP contribution in [0.4, 0.5) is 5.69 Å². The largest absolute Gasteiger partial charge is 0.451 e. The molecule has 4 aromatic rings. The monoisotopic (exact) mass is 607 g/mol. The average molecular weight is 608 g/mol. The minimum absolute atomic E-state index is 0.0559. The lowest BCUT2D eigenvalue weighted by atomic mass is 10.0. The van der Waals surface area contributed by atoms with Gasteiger partial charge in [0, 0.05) is 43.0 Å². The van der Waals surface area contributed by atoms with E-state index in [0.29, 0.717) is 42.1 Å². The molecule has 1 unspecified atom stereocenters. The third-order valence-electron chi connectivity index (χ3n) is 7.87. The molecule has 0 bridgehead atoms. The highest BCUT2D eigenvalue weighted by Gasteiger charge is 2.28. The molecule has 3 amide bonds. The van der Waals surface area contributed by atoms with Crippen LogP contribution in [0.5, 0.6) is 0 Å². The molecule has 1 saturated heterocycles. The summed E-state index contributed by atoms with van der Waals surface area (Å²) < 4.78 is 5.95. The first kappa shape index (κ1) is 31.7. The molecule has 9 heteroatoms. The number of nitrogens with zero attached hydrogens (tertiary/aromatic N) is 2. The second-order valence-corrected chi connectivity index (χ2v) is 11.5. The van der Waals surface area contributed by atoms with E-state index in [1.165, 1.54) is 0 Å². The first-order valence-corrected chi connectivity index (χ1v) is 15.5. The van der Waals surface area contributed by atoms with Crippen LogP contribution < -0.4 is 16.0 Å². The highest BCUT2D eigenvalue weighted by atomic mass is 16.4. The molecule has 0 saturated carbocycles. The van der Waals surface area contributed by atoms with Gasteiger partial charge in [-0.05, 0) is 87.4 Å². The zero-order valence-electron chi connectivity index (χ0n) is 25.9. The van der Waals surface area contributed by atoms with E-state index in [-0.39, 0.29) is 17.6 Å². The highest BCUT2D eigenvalue weighted by Crippen LogP contribution is 2.26. The quantitative estimate of drug-likeness (QED) is 0.193. The van der Waals surface area contributed by atoms with Gasteiger partial charge in [0.25, 0.3) is 11.8 Å². The maximum absolute atomic E-state index is 13.3. The topological polar surface area (TPSA) is 107 Å². The number of amides is 3. The van der Waals surface area contributed by atoms with Gasteiger partial charge in [-0.25, -0.2) is 0 Å². The maximum atomic E-state index is 13.3. The lowest BCUT2D eigenvalue weighted by Gasteiger charge is -2.31. The third kappa shape index (κ3) is 8.68. The Morgan fingerprint density at radius 1 is 0.822 bits per heavy atom. The van der Waals surface area contributed by atoms with Crippen molar-refractivity contribution in [3.8, 4) is 22.5 Å². The van der Waals surface area contributed by atoms with E-state index in [9.17, 15) is 14.4 Å². The van der Waals surface area contributed by atoms with Crippen LogP contribution in [-0.2, 0) is 4.79 Å². The van der Waals surface area contributed by atoms with E-state index < -0.39 is 11.9 Å². The first-order valence-electron chi connectivity index (χ1n) is 15.5. The van der Waals surface area contributed by atoms with Gasteiger partial charge in [0.05, 0.1) is 0 Å². The van der Waals surface area contributed by atoms with Crippen LogP contribution in [-0.4, -0.2) is 80.4 Å². The lowest BCUT2D eigenvalue weighted by molar-refractivity contribution is -0.134. The van der Waals surface area contributed by atoms with Gasteiger partial charge in [-0.15, -0.1) is 0 Å². The predicted molar refractivity (Wildman–Crippen MR) is 177 cm³/mol. The van der Waals surface area contributed by atoms with E-state index >= 15 is 0 Å². The summed E-state index contributed by atoms with van der Waals surface area (Å²) in [4.78, 5) is 43.5. The van der Waals surface area contributed by atoms with Crippen molar-refractivity contribution in [2.75, 3.05) is 52.1 Å². The van der Waals surface area contributed by atoms with E-state index in [1.807, 2.05) is 73.6 Å². The van der Waals surface area contributed by atoms with Gasteiger partial charge in [0.2, 0.25) is 5.91 Å². The molecular formula is C36H41N5O4. The van der Waals surface area contributed by atoms with Gasteiger partial charge < -0.3 is 30.2 Å². The number of furan rings is 1. The molecule has 1 aliphatic heterocycles. The molecule has 234 valence electrons. The summed E-state index contributed by atoms with van der Waals surface area (Å²) in [7, 11) is 4.04. The number of hydrogen-bond acceptors (Lipinski definition) is 6. The summed E-state index contributed by atoms with van der Waals surface area (Å²) in [6, 6.07) is 27.5. The molecule has 0 radical (unpaired) electrons. The van der Waals surface area contributed by atoms with Crippen molar-refractivity contribution in [1.29, 1.82) is 0 Å². The van der Waals surface area contributed by atoms with E-state index in [4.69, 9.17) is 4.42 Å². The van der Waals surface area contributed by atoms with Crippen molar-refractivity contribution in [3.05, 3.63) is 102 Å². The highest BCUT2D eigenvalue weighted by molar-refractivity contribution is 6.04. The van der Waals surface area contributed by atoms with Gasteiger partial charge in [0.15, 0.2) is 5.76 Å². The number of piperazine rings is 1. The van der Waals surface area contributed by atoms with Crippen LogP contribution in [0.3, 0.4) is 0 Å². The Balaban J connectivity index is 1.22. The summed E-state index contributed by atoms with van der Waals surface area (Å²) in [5, 5.41) is 9.15. The summed E-state index contributed by atoms with van der Waals surface area (Å²) in [6.45, 7) is 3.66. The van der Waals surface area contributed by atoms with Crippen LogP contribution in [0, 0.1) is 0 Å². The molecule has 5 rings (SSSR count). The van der Waals surface area contributed by atoms with E-state index in [0.717, 1.165) is 43.6 Å². The molecule has 1 aliphatic rings. The van der Waals surface area contributed by atoms with Crippen molar-refractivity contribution in [3.63, 3.8) is 0 Å². The fraction of sp³-hybridized carbons (Fsp3) is 0.306. The lowest BCUT2D eigenvalue weighted by Crippen LogP contribution is -2.54. The Kier molecular flexibility index (Phi) is 10.8. The fourth-order valence-electron chi connectivity index (χ4n) is 5.38. The number of rotatable bonds is 12. The van der Waals surface area contributed by atoms with Crippen LogP contribution in [0.15, 0.2) is 95.4 Å². The van der Waals surface area contributed by atoms with Gasteiger partial charge in [0.1, 0.15) is 11.8 Å². The SMILES string of the molecule is CN(C)CCCCC(NC(=O)c1ccc(-c2cccc(NC(=O)c3ccc(-c4ccccc4)cc3)c2)o1)C(=O)N1CCNCC1. The van der Waals surface area contributed by atoms with Gasteiger partial charge >= 0.3 is 0 Å². The number of anilines is 1. The standard InChI is InChI=1S/C36H41N5O4/c1-40(2)22-7-6-13-31(36(44)41-23-20-37-21-24-41)39-35(43)33-19-18-32(45-33)29-11-8-12-30(25-29)38-34(42)28-16-14-27(15-17-28)26-9-4-3-5-10-26/h3-5,8-12,14-19,25,31,37H,6-7,13,20-24H2,1-2H3,(H,38,42)(H,39,43). The second kappa shape index (κ2) is 15.3. The number of hydrogen-bond donors (Lipinski definition) is 3. The van der Waals surface area contributed by atoms with Crippen molar-refractivity contribution in [2.45, 2.75) is 25.3 Å². The maximum Gasteiger partial charge on any atom is 0.287 e. The Morgan fingerprint density at radius 2 is 1.53 bits per heavy atom. The smallest absolute Gasteiger partial charge is 0.287 e. The minimum atomic E-state index is -0.619. The van der Waals surface area contributed by atoms with Crippen molar-refractivity contribution in [1.82, 2.24) is 20.4 Å². The molecule has 45 heavy (non-hydrogen) atoms. The Bertz CT molecular complexity index is 1580. The number of carbonyl (C=O) groups excluding carboxylic acids is 3. The molecule has 1 fully saturated rings. The number of carbonyl (C=O) groups is 3. The fourth-order valence-corrected chi connectivity index (χ4v) is 5.38. The first-order chi connectivity index (χ1) is 21.9. The van der Waals surface area contributed by atoms with Gasteiger partial charge in [-0.1, -0.05) is 54.6 Å². The van der Waals surface area contributed by atoms with E-state index in [1.54, 1.807) is 36.4 Å². The molecule has 1 atom stereocenters. The van der Waals surface area contributed by atoms with Crippen LogP contribution in [0.25, 0.3) is 22.5 Å². The molecule has 0 spiro atoms. The number of unbranched alkanes of at least 4 members (excludes halogenated alkanes) is 1. The number of nitrogens with one attached hydrogen (secondary N) is 3. The Labute approximate surface area is 264 Å². The van der Waals surface area contributed by atoms with Gasteiger partial charge in [-0.3, -0.25) is 14.4 Å². The zero-order chi connectivity index (χ0) is 31.6. The molecule has 2 heterocycles. The van der Waals surface area contributed by atoms with Crippen molar-refractivity contribution >= 4 is 23.4 Å². The molecule has 3 N–H and O–H groups in total. The Morgan fingerprint density at radius 3 is 2.27 bits per heavy atom. The summed E-state index contributed by atoms with van der Waals surface area (Å²) in [5.74, 6) is -0.0915. The molecule has 1 aromatic heterocycles. The number of benzene rings is 3. The molecule has 3 aromatic carbocycles. The van der Waals surface area contributed by atoms with Crippen LogP contribution in [0.2, 0.25) is 0 Å². The summed E-state index contributed by atoms with van der Waals surface area (Å²) in [5.41, 5.74) is 3.99. The van der Waals surface area contributed by atoms with Crippen molar-refractivity contribution in [2.24, 2.45) is 0 Å². The molecular weight excluding hydrogens is 566 g/mol. The van der Waals surface area contributed by atoms with E-state index in [2.05, 4.69) is 20.9 Å². The predicted octanol–water partition coefficient (Wildman–Crippen LogP) is 5.13. The summed E-state index contributed by atoms with van der Waals surface area (Å²) in [6.07, 6.45) is 2.32. The van der Waals surface area contributed by atoms with Crippen LogP contribution >= 0.6 is 0 Å². The normalized spacial score (nSPS) is 13.8.